The highest BCUT2D eigenvalue weighted by Gasteiger charge is 2.31. The summed E-state index contributed by atoms with van der Waals surface area (Å²) in [4.78, 5) is 12.4. The fourth-order valence-electron chi connectivity index (χ4n) is 3.03. The van der Waals surface area contributed by atoms with Crippen LogP contribution in [0.5, 0.6) is 0 Å². The van der Waals surface area contributed by atoms with E-state index in [1.54, 1.807) is 12.1 Å². The van der Waals surface area contributed by atoms with Gasteiger partial charge < -0.3 is 0 Å². The second-order valence-corrected chi connectivity index (χ2v) is 9.45. The molecular weight excluding hydrogens is 404 g/mol. The largest absolute Gasteiger partial charge is 0.297 e. The number of Topliss-reactive ketones (excluding diaryl/α,β-unsaturated/α-hetero) is 1. The van der Waals surface area contributed by atoms with Crippen molar-refractivity contribution in [3.63, 3.8) is 0 Å². The van der Waals surface area contributed by atoms with Gasteiger partial charge in [-0.2, -0.15) is 8.42 Å². The molecule has 1 aromatic rings. The molecule has 1 aliphatic rings. The molecule has 0 spiro atoms. The van der Waals surface area contributed by atoms with Crippen LogP contribution in [-0.2, 0) is 19.1 Å². The van der Waals surface area contributed by atoms with Gasteiger partial charge in [0.1, 0.15) is 6.10 Å². The Bertz CT molecular complexity index is 655. The summed E-state index contributed by atoms with van der Waals surface area (Å²) in [7, 11) is -3.94. The standard InChI is InChI=1S/C19H27BrO4S/c1-15-11-13-16(14-12-15)25(22,23)24-18-10-8-6-4-2-3-5-7-9-17(20)19(18)21/h11-14,17-18H,2-10H2,1H3. The summed E-state index contributed by atoms with van der Waals surface area (Å²) in [5.41, 5.74) is 0.974. The van der Waals surface area contributed by atoms with Crippen molar-refractivity contribution >= 4 is 31.8 Å². The first-order valence-corrected chi connectivity index (χ1v) is 11.4. The molecule has 0 radical (unpaired) electrons. The van der Waals surface area contributed by atoms with Crippen molar-refractivity contribution in [3.05, 3.63) is 29.8 Å². The van der Waals surface area contributed by atoms with Gasteiger partial charge in [-0.15, -0.1) is 0 Å². The van der Waals surface area contributed by atoms with Crippen LogP contribution in [0.25, 0.3) is 0 Å². The summed E-state index contributed by atoms with van der Waals surface area (Å²) in [5, 5.41) is 0. The molecule has 0 heterocycles. The SMILES string of the molecule is Cc1ccc(S(=O)(=O)OC2CCCCCCCCCC(Br)C2=O)cc1. The van der Waals surface area contributed by atoms with Crippen molar-refractivity contribution < 1.29 is 17.4 Å². The van der Waals surface area contributed by atoms with Crippen LogP contribution in [0.1, 0.15) is 63.4 Å². The molecule has 2 rings (SSSR count). The molecule has 0 saturated heterocycles. The van der Waals surface area contributed by atoms with Gasteiger partial charge in [0, 0.05) is 0 Å². The first-order valence-electron chi connectivity index (χ1n) is 9.08. The molecule has 140 valence electrons. The molecule has 2 unspecified atom stereocenters. The molecule has 1 fully saturated rings. The molecule has 4 nitrogen and oxygen atoms in total. The van der Waals surface area contributed by atoms with E-state index < -0.39 is 16.2 Å². The minimum absolute atomic E-state index is 0.100. The van der Waals surface area contributed by atoms with Crippen LogP contribution in [0.2, 0.25) is 0 Å². The molecule has 1 aromatic carbocycles. The summed E-state index contributed by atoms with van der Waals surface area (Å²) in [6.07, 6.45) is 7.70. The lowest BCUT2D eigenvalue weighted by molar-refractivity contribution is -0.125. The Morgan fingerprint density at radius 1 is 0.920 bits per heavy atom. The zero-order chi connectivity index (χ0) is 18.3. The summed E-state index contributed by atoms with van der Waals surface area (Å²) in [6.45, 7) is 1.89. The Morgan fingerprint density at radius 3 is 2.04 bits per heavy atom. The molecule has 0 bridgehead atoms. The average Bonchev–Trinajstić information content (AvgIpc) is 2.57. The molecule has 6 heteroatoms. The van der Waals surface area contributed by atoms with E-state index in [0.717, 1.165) is 44.1 Å². The predicted octanol–water partition coefficient (Wildman–Crippen LogP) is 4.93. The molecule has 1 aliphatic carbocycles. The minimum Gasteiger partial charge on any atom is -0.295 e. The Balaban J connectivity index is 2.13. The Labute approximate surface area is 159 Å². The second-order valence-electron chi connectivity index (χ2n) is 6.77. The highest BCUT2D eigenvalue weighted by atomic mass is 79.9. The molecule has 0 aliphatic heterocycles. The topological polar surface area (TPSA) is 60.4 Å². The molecule has 0 N–H and O–H groups in total. The maximum atomic E-state index is 12.7. The third kappa shape index (κ3) is 6.50. The number of hydrogen-bond acceptors (Lipinski definition) is 4. The van der Waals surface area contributed by atoms with Crippen molar-refractivity contribution in [1.82, 2.24) is 0 Å². The van der Waals surface area contributed by atoms with Crippen LogP contribution < -0.4 is 0 Å². The van der Waals surface area contributed by atoms with Gasteiger partial charge in [0.2, 0.25) is 0 Å². The summed E-state index contributed by atoms with van der Waals surface area (Å²) in [6, 6.07) is 6.50. The summed E-state index contributed by atoms with van der Waals surface area (Å²) < 4.78 is 30.5. The highest BCUT2D eigenvalue weighted by Crippen LogP contribution is 2.24. The van der Waals surface area contributed by atoms with Crippen molar-refractivity contribution in [2.75, 3.05) is 0 Å². The Kier molecular flexibility index (Phi) is 8.10. The van der Waals surface area contributed by atoms with Crippen LogP contribution in [0.4, 0.5) is 0 Å². The second kappa shape index (κ2) is 9.83. The molecule has 25 heavy (non-hydrogen) atoms. The monoisotopic (exact) mass is 430 g/mol. The van der Waals surface area contributed by atoms with Gasteiger partial charge in [0.25, 0.3) is 10.1 Å². The van der Waals surface area contributed by atoms with Gasteiger partial charge in [0.15, 0.2) is 5.78 Å². The molecular formula is C19H27BrO4S. The fraction of sp³-hybridized carbons (Fsp3) is 0.632. The van der Waals surface area contributed by atoms with Crippen LogP contribution in [0.15, 0.2) is 29.2 Å². The van der Waals surface area contributed by atoms with Crippen LogP contribution in [0, 0.1) is 6.92 Å². The smallest absolute Gasteiger partial charge is 0.295 e. The molecule has 0 amide bonds. The Morgan fingerprint density at radius 2 is 1.44 bits per heavy atom. The van der Waals surface area contributed by atoms with Gasteiger partial charge >= 0.3 is 0 Å². The van der Waals surface area contributed by atoms with Gasteiger partial charge in [-0.05, 0) is 31.9 Å². The molecule has 2 atom stereocenters. The molecule has 0 aromatic heterocycles. The van der Waals surface area contributed by atoms with Gasteiger partial charge in [0.05, 0.1) is 9.72 Å². The number of aryl methyl sites for hydroxylation is 1. The summed E-state index contributed by atoms with van der Waals surface area (Å²) in [5.74, 6) is -0.156. The zero-order valence-electron chi connectivity index (χ0n) is 14.7. The predicted molar refractivity (Wildman–Crippen MR) is 103 cm³/mol. The van der Waals surface area contributed by atoms with Gasteiger partial charge in [-0.3, -0.25) is 8.98 Å². The third-order valence-corrected chi connectivity index (χ3v) is 6.85. The van der Waals surface area contributed by atoms with Gasteiger partial charge in [-0.25, -0.2) is 0 Å². The number of carbonyl (C=O) groups excluding carboxylic acids is 1. The maximum Gasteiger partial charge on any atom is 0.297 e. The average molecular weight is 431 g/mol. The lowest BCUT2D eigenvalue weighted by Crippen LogP contribution is -2.33. The van der Waals surface area contributed by atoms with E-state index in [2.05, 4.69) is 15.9 Å². The fourth-order valence-corrected chi connectivity index (χ4v) is 4.73. The first kappa shape index (κ1) is 20.6. The summed E-state index contributed by atoms with van der Waals surface area (Å²) >= 11 is 3.43. The van der Waals surface area contributed by atoms with Crippen LogP contribution in [-0.4, -0.2) is 25.1 Å². The number of rotatable bonds is 3. The van der Waals surface area contributed by atoms with Crippen LogP contribution >= 0.6 is 15.9 Å². The van der Waals surface area contributed by atoms with Crippen molar-refractivity contribution in [3.8, 4) is 0 Å². The van der Waals surface area contributed by atoms with E-state index in [1.807, 2.05) is 6.92 Å². The Hall–Kier alpha value is -0.720. The van der Waals surface area contributed by atoms with E-state index in [0.29, 0.717) is 6.42 Å². The number of hydrogen-bond donors (Lipinski definition) is 0. The van der Waals surface area contributed by atoms with Crippen LogP contribution in [0.3, 0.4) is 0 Å². The number of halogens is 1. The van der Waals surface area contributed by atoms with Crippen molar-refractivity contribution in [2.24, 2.45) is 0 Å². The van der Waals surface area contributed by atoms with E-state index >= 15 is 0 Å². The zero-order valence-corrected chi connectivity index (χ0v) is 17.1. The van der Waals surface area contributed by atoms with E-state index in [9.17, 15) is 13.2 Å². The lowest BCUT2D eigenvalue weighted by atomic mass is 9.99. The minimum atomic E-state index is -3.94. The maximum absolute atomic E-state index is 12.7. The number of ketones is 1. The van der Waals surface area contributed by atoms with E-state index in [1.165, 1.54) is 25.0 Å². The van der Waals surface area contributed by atoms with Gasteiger partial charge in [-0.1, -0.05) is 78.6 Å². The number of carbonyl (C=O) groups is 1. The number of alkyl halides is 1. The first-order chi connectivity index (χ1) is 11.9. The lowest BCUT2D eigenvalue weighted by Gasteiger charge is -2.20. The third-order valence-electron chi connectivity index (χ3n) is 4.60. The van der Waals surface area contributed by atoms with Crippen molar-refractivity contribution in [1.29, 1.82) is 0 Å². The highest BCUT2D eigenvalue weighted by molar-refractivity contribution is 9.10. The van der Waals surface area contributed by atoms with Crippen molar-refractivity contribution in [2.45, 2.75) is 80.5 Å². The van der Waals surface area contributed by atoms with E-state index in [-0.39, 0.29) is 15.5 Å². The quantitative estimate of drug-likeness (QED) is 0.503. The normalized spacial score (nSPS) is 24.3. The van der Waals surface area contributed by atoms with E-state index in [4.69, 9.17) is 4.18 Å². The number of benzene rings is 1. The molecule has 1 saturated carbocycles.